The number of amides is 2. The van der Waals surface area contributed by atoms with Gasteiger partial charge in [0.2, 0.25) is 11.8 Å². The van der Waals surface area contributed by atoms with Gasteiger partial charge in [0.1, 0.15) is 0 Å². The molecule has 0 spiro atoms. The summed E-state index contributed by atoms with van der Waals surface area (Å²) in [5.41, 5.74) is 0.805. The smallest absolute Gasteiger partial charge is 0.228 e. The molecule has 3 heterocycles. The van der Waals surface area contributed by atoms with Crippen LogP contribution in [0.4, 0.5) is 5.69 Å². The summed E-state index contributed by atoms with van der Waals surface area (Å²) in [7, 11) is 0. The lowest BCUT2D eigenvalue weighted by Gasteiger charge is -2.36. The van der Waals surface area contributed by atoms with Gasteiger partial charge in [-0.05, 0) is 37.1 Å². The Hall–Kier alpha value is -1.59. The SMILES string of the molecule is O=C1C[C@H](C(=O)N2[C@@H]3CC[C@H]2COC3)CN1c1ccc(Cl)cc1. The first-order valence-corrected chi connectivity index (χ1v) is 8.47. The monoisotopic (exact) mass is 334 g/mol. The molecule has 2 amide bonds. The molecule has 0 aliphatic carbocycles. The van der Waals surface area contributed by atoms with Gasteiger partial charge < -0.3 is 14.5 Å². The van der Waals surface area contributed by atoms with Crippen molar-refractivity contribution in [1.82, 2.24) is 4.90 Å². The van der Waals surface area contributed by atoms with Crippen LogP contribution >= 0.6 is 11.6 Å². The number of morpholine rings is 1. The lowest BCUT2D eigenvalue weighted by molar-refractivity contribution is -0.145. The quantitative estimate of drug-likeness (QED) is 0.832. The van der Waals surface area contributed by atoms with E-state index in [4.69, 9.17) is 16.3 Å². The second kappa shape index (κ2) is 5.80. The number of carbonyl (C=O) groups excluding carboxylic acids is 2. The molecular weight excluding hydrogens is 316 g/mol. The highest BCUT2D eigenvalue weighted by Crippen LogP contribution is 2.33. The van der Waals surface area contributed by atoms with Crippen molar-refractivity contribution in [3.8, 4) is 0 Å². The molecule has 5 nitrogen and oxygen atoms in total. The molecule has 2 bridgehead atoms. The van der Waals surface area contributed by atoms with Gasteiger partial charge in [0.15, 0.2) is 0 Å². The summed E-state index contributed by atoms with van der Waals surface area (Å²) in [4.78, 5) is 28.9. The average molecular weight is 335 g/mol. The Morgan fingerprint density at radius 1 is 1.13 bits per heavy atom. The summed E-state index contributed by atoms with van der Waals surface area (Å²) in [6.07, 6.45) is 2.31. The van der Waals surface area contributed by atoms with E-state index in [0.717, 1.165) is 18.5 Å². The minimum Gasteiger partial charge on any atom is -0.377 e. The molecule has 3 aliphatic heterocycles. The van der Waals surface area contributed by atoms with Crippen LogP contribution in [0, 0.1) is 5.92 Å². The third-order valence-corrected chi connectivity index (χ3v) is 5.36. The van der Waals surface area contributed by atoms with Gasteiger partial charge in [-0.15, -0.1) is 0 Å². The fourth-order valence-corrected chi connectivity index (χ4v) is 4.07. The molecule has 4 rings (SSSR count). The summed E-state index contributed by atoms with van der Waals surface area (Å²) in [5.74, 6) is -0.128. The van der Waals surface area contributed by atoms with Gasteiger partial charge in [0.25, 0.3) is 0 Å². The molecule has 3 atom stereocenters. The van der Waals surface area contributed by atoms with Crippen molar-refractivity contribution in [3.05, 3.63) is 29.3 Å². The van der Waals surface area contributed by atoms with Crippen molar-refractivity contribution < 1.29 is 14.3 Å². The topological polar surface area (TPSA) is 49.9 Å². The van der Waals surface area contributed by atoms with Crippen molar-refractivity contribution in [3.63, 3.8) is 0 Å². The highest BCUT2D eigenvalue weighted by Gasteiger charge is 2.45. The standard InChI is InChI=1S/C17H19ClN2O3/c18-12-1-3-13(4-2-12)19-8-11(7-16(19)21)17(22)20-14-5-6-15(20)10-23-9-14/h1-4,11,14-15H,5-10H2/t11-,14-,15+/m0/s1. The van der Waals surface area contributed by atoms with Crippen molar-refractivity contribution in [2.24, 2.45) is 5.92 Å². The minimum absolute atomic E-state index is 0.00581. The number of rotatable bonds is 2. The predicted molar refractivity (Wildman–Crippen MR) is 86.4 cm³/mol. The van der Waals surface area contributed by atoms with Crippen molar-refractivity contribution in [1.29, 1.82) is 0 Å². The van der Waals surface area contributed by atoms with Crippen LogP contribution in [0.25, 0.3) is 0 Å². The van der Waals surface area contributed by atoms with Crippen molar-refractivity contribution in [2.45, 2.75) is 31.3 Å². The largest absolute Gasteiger partial charge is 0.377 e. The summed E-state index contributed by atoms with van der Waals surface area (Å²) in [6.45, 7) is 1.71. The summed E-state index contributed by atoms with van der Waals surface area (Å²) in [5, 5.41) is 0.637. The van der Waals surface area contributed by atoms with Crippen LogP contribution in [0.15, 0.2) is 24.3 Å². The van der Waals surface area contributed by atoms with Gasteiger partial charge >= 0.3 is 0 Å². The Kier molecular flexibility index (Phi) is 3.77. The van der Waals surface area contributed by atoms with E-state index in [1.54, 1.807) is 17.0 Å². The molecule has 0 aromatic heterocycles. The van der Waals surface area contributed by atoms with Crippen molar-refractivity contribution in [2.75, 3.05) is 24.7 Å². The van der Waals surface area contributed by atoms with Gasteiger partial charge in [0, 0.05) is 23.7 Å². The zero-order valence-electron chi connectivity index (χ0n) is 12.8. The summed E-state index contributed by atoms with van der Waals surface area (Å²) >= 11 is 5.90. The number of nitrogens with zero attached hydrogens (tertiary/aromatic N) is 2. The van der Waals surface area contributed by atoms with E-state index < -0.39 is 0 Å². The Morgan fingerprint density at radius 2 is 1.78 bits per heavy atom. The van der Waals surface area contributed by atoms with E-state index in [-0.39, 0.29) is 36.2 Å². The number of hydrogen-bond donors (Lipinski definition) is 0. The minimum atomic E-state index is -0.251. The Morgan fingerprint density at radius 3 is 2.43 bits per heavy atom. The zero-order valence-corrected chi connectivity index (χ0v) is 13.5. The zero-order chi connectivity index (χ0) is 16.0. The number of carbonyl (C=O) groups is 2. The van der Waals surface area contributed by atoms with Gasteiger partial charge in [-0.2, -0.15) is 0 Å². The van der Waals surface area contributed by atoms with Gasteiger partial charge in [-0.1, -0.05) is 11.6 Å². The first-order valence-electron chi connectivity index (χ1n) is 8.09. The van der Waals surface area contributed by atoms with Crippen LogP contribution in [0.3, 0.4) is 0 Å². The van der Waals surface area contributed by atoms with E-state index in [9.17, 15) is 9.59 Å². The van der Waals surface area contributed by atoms with Crippen LogP contribution in [0.5, 0.6) is 0 Å². The molecule has 1 aromatic carbocycles. The lowest BCUT2D eigenvalue weighted by Crippen LogP contribution is -2.51. The molecule has 3 saturated heterocycles. The van der Waals surface area contributed by atoms with E-state index in [2.05, 4.69) is 0 Å². The average Bonchev–Trinajstić information content (AvgIpc) is 3.05. The molecule has 23 heavy (non-hydrogen) atoms. The normalized spacial score (nSPS) is 30.1. The van der Waals surface area contributed by atoms with Gasteiger partial charge in [0.05, 0.1) is 31.2 Å². The van der Waals surface area contributed by atoms with Crippen LogP contribution in [0.2, 0.25) is 5.02 Å². The first-order chi connectivity index (χ1) is 11.1. The molecule has 0 N–H and O–H groups in total. The highest BCUT2D eigenvalue weighted by molar-refractivity contribution is 6.30. The molecular formula is C17H19ClN2O3. The van der Waals surface area contributed by atoms with Crippen molar-refractivity contribution >= 4 is 29.1 Å². The second-order valence-corrected chi connectivity index (χ2v) is 6.99. The number of benzene rings is 1. The third kappa shape index (κ3) is 2.62. The van der Waals surface area contributed by atoms with Crippen LogP contribution in [-0.2, 0) is 14.3 Å². The van der Waals surface area contributed by atoms with Crippen LogP contribution in [0.1, 0.15) is 19.3 Å². The third-order valence-electron chi connectivity index (χ3n) is 5.11. The van der Waals surface area contributed by atoms with E-state index in [1.807, 2.05) is 17.0 Å². The summed E-state index contributed by atoms with van der Waals surface area (Å²) < 4.78 is 5.54. The first kappa shape index (κ1) is 15.0. The number of anilines is 1. The summed E-state index contributed by atoms with van der Waals surface area (Å²) in [6, 6.07) is 7.57. The van der Waals surface area contributed by atoms with Gasteiger partial charge in [-0.3, -0.25) is 9.59 Å². The molecule has 3 aliphatic rings. The molecule has 0 radical (unpaired) electrons. The number of hydrogen-bond acceptors (Lipinski definition) is 3. The van der Waals surface area contributed by atoms with E-state index >= 15 is 0 Å². The molecule has 6 heteroatoms. The Bertz CT molecular complexity index is 617. The Labute approximate surface area is 140 Å². The Balaban J connectivity index is 1.50. The van der Waals surface area contributed by atoms with Gasteiger partial charge in [-0.25, -0.2) is 0 Å². The highest BCUT2D eigenvalue weighted by atomic mass is 35.5. The van der Waals surface area contributed by atoms with E-state index in [1.165, 1.54) is 0 Å². The van der Waals surface area contributed by atoms with E-state index in [0.29, 0.717) is 24.8 Å². The number of fused-ring (bicyclic) bond motifs is 2. The van der Waals surface area contributed by atoms with Crippen LogP contribution in [-0.4, -0.2) is 48.6 Å². The lowest BCUT2D eigenvalue weighted by atomic mass is 10.1. The molecule has 0 saturated carbocycles. The molecule has 122 valence electrons. The second-order valence-electron chi connectivity index (χ2n) is 6.55. The number of ether oxygens (including phenoxy) is 1. The number of halogens is 1. The fraction of sp³-hybridized carbons (Fsp3) is 0.529. The maximum absolute atomic E-state index is 12.9. The molecule has 1 aromatic rings. The molecule has 0 unspecified atom stereocenters. The fourth-order valence-electron chi connectivity index (χ4n) is 3.94. The molecule has 3 fully saturated rings. The van der Waals surface area contributed by atoms with Crippen LogP contribution < -0.4 is 4.90 Å². The maximum Gasteiger partial charge on any atom is 0.228 e. The predicted octanol–water partition coefficient (Wildman–Crippen LogP) is 2.08. The maximum atomic E-state index is 12.9.